The molecule has 4 rings (SSSR count). The second-order valence-electron chi connectivity index (χ2n) is 9.80. The van der Waals surface area contributed by atoms with Crippen molar-refractivity contribution in [1.82, 2.24) is 4.98 Å². The molecule has 0 unspecified atom stereocenters. The number of aliphatic hydroxyl groups is 1. The molecule has 38 heavy (non-hydrogen) atoms. The summed E-state index contributed by atoms with van der Waals surface area (Å²) in [5, 5.41) is 8.36. The van der Waals surface area contributed by atoms with Gasteiger partial charge in [-0.05, 0) is 52.8 Å². The van der Waals surface area contributed by atoms with E-state index in [-0.39, 0.29) is 31.6 Å². The second kappa shape index (κ2) is 13.5. The molecule has 1 N–H and O–H groups in total. The Balaban J connectivity index is 0.000000561. The van der Waals surface area contributed by atoms with Crippen molar-refractivity contribution in [3.63, 3.8) is 0 Å². The fraction of sp³-hybridized carbons (Fsp3) is 0.235. The summed E-state index contributed by atoms with van der Waals surface area (Å²) in [6.45, 7) is 15.6. The number of aliphatic hydroxyl groups excluding tert-OH is 1. The first-order valence-electron chi connectivity index (χ1n) is 12.4. The summed E-state index contributed by atoms with van der Waals surface area (Å²) < 4.78 is 0. The summed E-state index contributed by atoms with van der Waals surface area (Å²) in [6.07, 6.45) is 1.17. The van der Waals surface area contributed by atoms with Crippen LogP contribution in [0.15, 0.2) is 66.4 Å². The van der Waals surface area contributed by atoms with E-state index in [0.717, 1.165) is 33.6 Å². The molecule has 1 heterocycles. The van der Waals surface area contributed by atoms with Crippen molar-refractivity contribution in [3.05, 3.63) is 112 Å². The number of carbonyl (C=O) groups is 1. The minimum absolute atomic E-state index is 0. The molecule has 4 heteroatoms. The van der Waals surface area contributed by atoms with E-state index in [0.29, 0.717) is 0 Å². The fourth-order valence-electron chi connectivity index (χ4n) is 4.61. The predicted octanol–water partition coefficient (Wildman–Crippen LogP) is 8.57. The van der Waals surface area contributed by atoms with Crippen LogP contribution >= 0.6 is 0 Å². The molecule has 199 valence electrons. The van der Waals surface area contributed by atoms with Crippen LogP contribution < -0.4 is 0 Å². The summed E-state index contributed by atoms with van der Waals surface area (Å²) >= 11 is 0. The standard InChI is InChI=1S/C29H27N.C5H8O2.Ir/c1-18-12-19(2)15-24(14-18)26-10-11-27(28-22(5)8-7-9-23(28)6)30-29(26)25-16-20(3)13-21(4)17-25;1-4(6)3-5(2)7;/h7-9,11-14,16-17H,1-6H3;3,6H,1-2H3;/q-2;;/b;4-3-;. The minimum Gasteiger partial charge on any atom is -0.512 e. The van der Waals surface area contributed by atoms with Crippen molar-refractivity contribution in [2.75, 3.05) is 0 Å². The van der Waals surface area contributed by atoms with Gasteiger partial charge < -0.3 is 10.1 Å². The monoisotopic (exact) mass is 682 g/mol. The zero-order valence-electron chi connectivity index (χ0n) is 23.4. The van der Waals surface area contributed by atoms with Crippen LogP contribution in [0.3, 0.4) is 0 Å². The Morgan fingerprint density at radius 3 is 1.95 bits per heavy atom. The molecule has 0 atom stereocenters. The summed E-state index contributed by atoms with van der Waals surface area (Å²) in [7, 11) is 0. The zero-order valence-corrected chi connectivity index (χ0v) is 25.8. The number of hydrogen-bond acceptors (Lipinski definition) is 3. The number of rotatable bonds is 4. The number of carbonyl (C=O) groups excluding carboxylic acids is 1. The Hall–Kier alpha value is -3.33. The van der Waals surface area contributed by atoms with E-state index in [9.17, 15) is 4.79 Å². The first-order chi connectivity index (χ1) is 17.4. The topological polar surface area (TPSA) is 50.2 Å². The summed E-state index contributed by atoms with van der Waals surface area (Å²) in [5.74, 6) is -0.0625. The van der Waals surface area contributed by atoms with Crippen LogP contribution in [0.25, 0.3) is 33.6 Å². The van der Waals surface area contributed by atoms with E-state index >= 15 is 0 Å². The van der Waals surface area contributed by atoms with Gasteiger partial charge in [0.25, 0.3) is 0 Å². The summed E-state index contributed by atoms with van der Waals surface area (Å²) in [6, 6.07) is 26.5. The van der Waals surface area contributed by atoms with E-state index in [1.54, 1.807) is 0 Å². The molecule has 3 aromatic carbocycles. The molecule has 0 saturated carbocycles. The Morgan fingerprint density at radius 1 is 0.868 bits per heavy atom. The van der Waals surface area contributed by atoms with Gasteiger partial charge in [0.15, 0.2) is 5.78 Å². The second-order valence-corrected chi connectivity index (χ2v) is 9.80. The van der Waals surface area contributed by atoms with Gasteiger partial charge in [-0.2, -0.15) is 18.2 Å². The van der Waals surface area contributed by atoms with Gasteiger partial charge in [0.2, 0.25) is 0 Å². The zero-order chi connectivity index (χ0) is 27.3. The summed E-state index contributed by atoms with van der Waals surface area (Å²) in [4.78, 5) is 15.2. The molecule has 1 aromatic heterocycles. The number of ketones is 1. The molecule has 1 radical (unpaired) electrons. The van der Waals surface area contributed by atoms with Crippen molar-refractivity contribution >= 4 is 5.78 Å². The predicted molar refractivity (Wildman–Crippen MR) is 154 cm³/mol. The van der Waals surface area contributed by atoms with Crippen LogP contribution in [-0.2, 0) is 24.9 Å². The number of hydrogen-bond donors (Lipinski definition) is 1. The number of allylic oxidation sites excluding steroid dienone is 2. The Kier molecular flexibility index (Phi) is 10.9. The molecule has 0 aliphatic heterocycles. The molecule has 4 aromatic rings. The number of aryl methyl sites for hydroxylation is 6. The maximum atomic E-state index is 10.0. The van der Waals surface area contributed by atoms with Gasteiger partial charge in [0.05, 0.1) is 5.76 Å². The van der Waals surface area contributed by atoms with Crippen molar-refractivity contribution < 1.29 is 30.0 Å². The average Bonchev–Trinajstić information content (AvgIpc) is 2.77. The number of benzene rings is 3. The molecule has 0 bridgehead atoms. The van der Waals surface area contributed by atoms with Crippen LogP contribution in [-0.4, -0.2) is 15.9 Å². The van der Waals surface area contributed by atoms with Gasteiger partial charge in [-0.1, -0.05) is 83.8 Å². The molecule has 0 fully saturated rings. The maximum absolute atomic E-state index is 10.0. The van der Waals surface area contributed by atoms with E-state index < -0.39 is 0 Å². The molecular formula is C34H35IrNO2-2. The van der Waals surface area contributed by atoms with E-state index in [4.69, 9.17) is 10.1 Å². The SMILES string of the molecule is CC(=O)/C=C(/C)O.Cc1[c-]c(-c2[c-]cc(-c3c(C)cccc3C)nc2-c2cc(C)cc(C)c2)cc(C)c1.[Ir]. The third-order valence-corrected chi connectivity index (χ3v) is 5.88. The van der Waals surface area contributed by atoms with Gasteiger partial charge in [0, 0.05) is 26.2 Å². The molecule has 3 nitrogen and oxygen atoms in total. The Morgan fingerprint density at radius 2 is 1.45 bits per heavy atom. The normalized spacial score (nSPS) is 10.8. The van der Waals surface area contributed by atoms with E-state index in [1.165, 1.54) is 53.3 Å². The number of nitrogens with zero attached hydrogens (tertiary/aromatic N) is 1. The van der Waals surface area contributed by atoms with Crippen molar-refractivity contribution in [3.8, 4) is 33.6 Å². The van der Waals surface area contributed by atoms with Crippen LogP contribution in [0.4, 0.5) is 0 Å². The molecule has 0 amide bonds. The van der Waals surface area contributed by atoms with E-state index in [1.807, 2.05) is 6.07 Å². The summed E-state index contributed by atoms with van der Waals surface area (Å²) in [5.41, 5.74) is 13.6. The third-order valence-electron chi connectivity index (χ3n) is 5.88. The molecule has 0 spiro atoms. The van der Waals surface area contributed by atoms with E-state index in [2.05, 4.69) is 102 Å². The molecule has 0 saturated heterocycles. The van der Waals surface area contributed by atoms with Crippen LogP contribution in [0, 0.1) is 53.7 Å². The number of aromatic nitrogens is 1. The van der Waals surface area contributed by atoms with Crippen LogP contribution in [0.5, 0.6) is 0 Å². The van der Waals surface area contributed by atoms with Gasteiger partial charge in [0.1, 0.15) is 0 Å². The maximum Gasteiger partial charge on any atom is 0.155 e. The van der Waals surface area contributed by atoms with Gasteiger partial charge in [-0.15, -0.1) is 23.3 Å². The van der Waals surface area contributed by atoms with Gasteiger partial charge in [-0.3, -0.25) is 4.79 Å². The van der Waals surface area contributed by atoms with Crippen LogP contribution in [0.1, 0.15) is 47.2 Å². The number of pyridine rings is 1. The van der Waals surface area contributed by atoms with Crippen molar-refractivity contribution in [1.29, 1.82) is 0 Å². The van der Waals surface area contributed by atoms with Crippen molar-refractivity contribution in [2.24, 2.45) is 0 Å². The first-order valence-corrected chi connectivity index (χ1v) is 12.4. The Labute approximate surface area is 241 Å². The largest absolute Gasteiger partial charge is 0.512 e. The average molecular weight is 682 g/mol. The van der Waals surface area contributed by atoms with Crippen molar-refractivity contribution in [2.45, 2.75) is 55.4 Å². The quantitative estimate of drug-likeness (QED) is 0.133. The minimum atomic E-state index is -0.125. The first kappa shape index (κ1) is 30.9. The Bertz CT molecular complexity index is 1420. The molecule has 0 aliphatic carbocycles. The fourth-order valence-corrected chi connectivity index (χ4v) is 4.61. The molecular weight excluding hydrogens is 647 g/mol. The third kappa shape index (κ3) is 8.08. The van der Waals surface area contributed by atoms with Crippen LogP contribution in [0.2, 0.25) is 0 Å². The smallest absolute Gasteiger partial charge is 0.155 e. The molecule has 0 aliphatic rings. The van der Waals surface area contributed by atoms with Gasteiger partial charge in [-0.25, -0.2) is 11.1 Å². The van der Waals surface area contributed by atoms with Gasteiger partial charge >= 0.3 is 0 Å².